The number of carbonyl (C=O) groups is 4. The van der Waals surface area contributed by atoms with Crippen LogP contribution in [0.2, 0.25) is 0 Å². The summed E-state index contributed by atoms with van der Waals surface area (Å²) in [6, 6.07) is 10.5. The van der Waals surface area contributed by atoms with Gasteiger partial charge < -0.3 is 8.83 Å². The highest BCUT2D eigenvalue weighted by atomic mass is 32.1. The van der Waals surface area contributed by atoms with Crippen LogP contribution in [0.3, 0.4) is 0 Å². The number of hydrogen-bond donors (Lipinski definition) is 0. The van der Waals surface area contributed by atoms with Gasteiger partial charge in [0.1, 0.15) is 6.26 Å². The van der Waals surface area contributed by atoms with Crippen molar-refractivity contribution in [2.45, 2.75) is 27.7 Å². The molecule has 4 aromatic rings. The van der Waals surface area contributed by atoms with Gasteiger partial charge in [0.15, 0.2) is 28.9 Å². The third-order valence-electron chi connectivity index (χ3n) is 3.59. The number of rotatable bonds is 4. The Balaban J connectivity index is 0.000000213. The molecule has 8 heteroatoms. The molecule has 0 N–H and O–H groups in total. The third kappa shape index (κ3) is 10.6. The number of ketones is 4. The fourth-order valence-corrected chi connectivity index (χ4v) is 3.21. The van der Waals surface area contributed by atoms with Crippen LogP contribution >= 0.6 is 22.7 Å². The van der Waals surface area contributed by atoms with Crippen LogP contribution in [0, 0.1) is 0 Å². The van der Waals surface area contributed by atoms with E-state index >= 15 is 0 Å². The van der Waals surface area contributed by atoms with Crippen LogP contribution < -0.4 is 0 Å². The Morgan fingerprint density at radius 3 is 1.69 bits per heavy atom. The minimum absolute atomic E-state index is 0.0324. The van der Waals surface area contributed by atoms with Crippen LogP contribution in [0.4, 0.5) is 0 Å². The fourth-order valence-electron chi connectivity index (χ4n) is 1.89. The summed E-state index contributed by atoms with van der Waals surface area (Å²) >= 11 is 3.03. The number of Topliss-reactive ketones (excluding diaryl/α,β-unsaturated/α-hetero) is 4. The van der Waals surface area contributed by atoms with Crippen LogP contribution in [-0.2, 0) is 0 Å². The molecule has 4 rings (SSSR count). The molecule has 0 saturated carbocycles. The van der Waals surface area contributed by atoms with E-state index < -0.39 is 0 Å². The summed E-state index contributed by atoms with van der Waals surface area (Å²) in [6.45, 7) is 6.12. The summed E-state index contributed by atoms with van der Waals surface area (Å²) in [5.74, 6) is 0.727. The Bertz CT molecular complexity index is 881. The second kappa shape index (κ2) is 14.6. The molecule has 0 spiro atoms. The van der Waals surface area contributed by atoms with E-state index in [0.717, 1.165) is 10.4 Å². The smallest absolute Gasteiger partial charge is 0.194 e. The summed E-state index contributed by atoms with van der Waals surface area (Å²) in [6.07, 6.45) is 4.40. The molecule has 0 aliphatic rings. The highest BCUT2D eigenvalue weighted by Crippen LogP contribution is 2.08. The first-order chi connectivity index (χ1) is 15.2. The zero-order valence-corrected chi connectivity index (χ0v) is 19.8. The Hall–Kier alpha value is -3.36. The molecule has 0 bridgehead atoms. The average Bonchev–Trinajstić information content (AvgIpc) is 3.56. The summed E-state index contributed by atoms with van der Waals surface area (Å²) in [4.78, 5) is 42.7. The predicted molar refractivity (Wildman–Crippen MR) is 126 cm³/mol. The van der Waals surface area contributed by atoms with Crippen molar-refractivity contribution >= 4 is 45.8 Å². The molecule has 0 radical (unpaired) electrons. The lowest BCUT2D eigenvalue weighted by atomic mass is 10.2. The maximum absolute atomic E-state index is 10.5. The van der Waals surface area contributed by atoms with Gasteiger partial charge in [0.05, 0.1) is 23.0 Å². The van der Waals surface area contributed by atoms with Gasteiger partial charge in [-0.2, -0.15) is 11.3 Å². The van der Waals surface area contributed by atoms with Crippen molar-refractivity contribution < 1.29 is 28.0 Å². The lowest BCUT2D eigenvalue weighted by molar-refractivity contribution is 0.0983. The topological polar surface area (TPSA) is 94.6 Å². The first-order valence-electron chi connectivity index (χ1n) is 9.37. The van der Waals surface area contributed by atoms with Gasteiger partial charge in [-0.1, -0.05) is 6.07 Å². The Kier molecular flexibility index (Phi) is 12.2. The minimum atomic E-state index is -0.0324. The normalized spacial score (nSPS) is 9.12. The number of thiophene rings is 2. The molecule has 0 atom stereocenters. The van der Waals surface area contributed by atoms with E-state index in [1.54, 1.807) is 43.4 Å². The molecule has 168 valence electrons. The Morgan fingerprint density at radius 2 is 1.44 bits per heavy atom. The van der Waals surface area contributed by atoms with Crippen molar-refractivity contribution in [3.8, 4) is 0 Å². The van der Waals surface area contributed by atoms with Gasteiger partial charge >= 0.3 is 0 Å². The van der Waals surface area contributed by atoms with Gasteiger partial charge in [-0.3, -0.25) is 19.2 Å². The van der Waals surface area contributed by atoms with Crippen molar-refractivity contribution in [2.75, 3.05) is 0 Å². The van der Waals surface area contributed by atoms with Crippen molar-refractivity contribution in [1.82, 2.24) is 0 Å². The van der Waals surface area contributed by atoms with Crippen molar-refractivity contribution in [2.24, 2.45) is 0 Å². The molecule has 4 heterocycles. The minimum Gasteiger partial charge on any atom is -0.472 e. The second-order valence-electron chi connectivity index (χ2n) is 6.20. The third-order valence-corrected chi connectivity index (χ3v) is 5.25. The first-order valence-corrected chi connectivity index (χ1v) is 11.2. The van der Waals surface area contributed by atoms with Gasteiger partial charge in [-0.25, -0.2) is 0 Å². The number of furan rings is 2. The van der Waals surface area contributed by atoms with E-state index in [-0.39, 0.29) is 23.1 Å². The van der Waals surface area contributed by atoms with E-state index in [2.05, 4.69) is 4.42 Å². The van der Waals surface area contributed by atoms with E-state index in [4.69, 9.17) is 4.42 Å². The highest BCUT2D eigenvalue weighted by molar-refractivity contribution is 7.12. The fraction of sp³-hybridized carbons (Fsp3) is 0.167. The van der Waals surface area contributed by atoms with Crippen molar-refractivity contribution in [1.29, 1.82) is 0 Å². The SMILES string of the molecule is CC(=O)c1ccco1.CC(=O)c1cccs1.CC(=O)c1ccoc1.CC(=O)c1ccsc1. The van der Waals surface area contributed by atoms with Crippen LogP contribution in [0.15, 0.2) is 80.2 Å². The molecule has 32 heavy (non-hydrogen) atoms. The number of hydrogen-bond acceptors (Lipinski definition) is 8. The molecule has 0 unspecified atom stereocenters. The van der Waals surface area contributed by atoms with Crippen LogP contribution in [0.25, 0.3) is 0 Å². The lowest BCUT2D eigenvalue weighted by Crippen LogP contribution is -1.85. The summed E-state index contributed by atoms with van der Waals surface area (Å²) < 4.78 is 9.40. The molecule has 0 saturated heterocycles. The van der Waals surface area contributed by atoms with Gasteiger partial charge in [0.2, 0.25) is 0 Å². The molecule has 0 aliphatic carbocycles. The van der Waals surface area contributed by atoms with Gasteiger partial charge in [0.25, 0.3) is 0 Å². The molecule has 0 amide bonds. The molecular formula is C24H24O6S2. The van der Waals surface area contributed by atoms with E-state index in [0.29, 0.717) is 11.3 Å². The highest BCUT2D eigenvalue weighted by Gasteiger charge is 1.98. The molecule has 0 fully saturated rings. The Labute approximate surface area is 194 Å². The molecule has 4 aromatic heterocycles. The van der Waals surface area contributed by atoms with Crippen LogP contribution in [0.5, 0.6) is 0 Å². The average molecular weight is 473 g/mol. The first kappa shape index (κ1) is 26.7. The van der Waals surface area contributed by atoms with Gasteiger partial charge in [-0.15, -0.1) is 11.3 Å². The van der Waals surface area contributed by atoms with Gasteiger partial charge in [-0.05, 0) is 61.9 Å². The molecule has 0 aliphatic heterocycles. The summed E-state index contributed by atoms with van der Waals surface area (Å²) in [7, 11) is 0. The summed E-state index contributed by atoms with van der Waals surface area (Å²) in [5.41, 5.74) is 1.44. The number of carbonyl (C=O) groups excluding carboxylic acids is 4. The standard InChI is InChI=1S/2C6H6O2.2C6H6OS/c1-5(7)6-2-3-8-4-6;1-5(7)6-3-2-4-8-6;1-5(7)6-2-3-8-4-6;1-5(7)6-3-2-4-8-6/h4*2-4H,1H3. The summed E-state index contributed by atoms with van der Waals surface area (Å²) in [5, 5.41) is 5.65. The Morgan fingerprint density at radius 1 is 0.719 bits per heavy atom. The maximum Gasteiger partial charge on any atom is 0.194 e. The van der Waals surface area contributed by atoms with Gasteiger partial charge in [0, 0.05) is 17.9 Å². The van der Waals surface area contributed by atoms with E-state index in [1.165, 1.54) is 44.0 Å². The predicted octanol–water partition coefficient (Wildman–Crippen LogP) is 6.87. The molecule has 0 aromatic carbocycles. The quantitative estimate of drug-likeness (QED) is 0.301. The lowest BCUT2D eigenvalue weighted by Gasteiger charge is -1.80. The largest absolute Gasteiger partial charge is 0.472 e. The van der Waals surface area contributed by atoms with Crippen molar-refractivity contribution in [3.05, 3.63) is 93.1 Å². The zero-order chi connectivity index (χ0) is 23.9. The monoisotopic (exact) mass is 472 g/mol. The van der Waals surface area contributed by atoms with E-state index in [1.807, 2.05) is 34.3 Å². The van der Waals surface area contributed by atoms with Crippen molar-refractivity contribution in [3.63, 3.8) is 0 Å². The maximum atomic E-state index is 10.5. The zero-order valence-electron chi connectivity index (χ0n) is 18.2. The molecule has 6 nitrogen and oxygen atoms in total. The van der Waals surface area contributed by atoms with Crippen LogP contribution in [0.1, 0.15) is 68.6 Å². The van der Waals surface area contributed by atoms with E-state index in [9.17, 15) is 19.2 Å². The van der Waals surface area contributed by atoms with Crippen LogP contribution in [-0.4, -0.2) is 23.1 Å². The molecular weight excluding hydrogens is 448 g/mol. The second-order valence-corrected chi connectivity index (χ2v) is 7.93.